The van der Waals surface area contributed by atoms with Gasteiger partial charge < -0.3 is 15.2 Å². The Morgan fingerprint density at radius 3 is 2.77 bits per heavy atom. The third kappa shape index (κ3) is 8.37. The second kappa shape index (κ2) is 7.13. The number of nitrogens with one attached hydrogen (secondary N) is 1. The number of ether oxygens (including phenoxy) is 1. The molecule has 0 aromatic rings. The lowest BCUT2D eigenvalue weighted by atomic mass is 10.4. The number of carbonyl (C=O) groups is 2. The molecule has 0 spiro atoms. The van der Waals surface area contributed by atoms with Gasteiger partial charge in [0.25, 0.3) is 0 Å². The zero-order valence-corrected chi connectivity index (χ0v) is 7.08. The monoisotopic (exact) mass is 185 g/mol. The van der Waals surface area contributed by atoms with Crippen molar-refractivity contribution in [1.29, 1.82) is 0 Å². The standard InChI is InChI=1S/C8H11NO4/c1-2-4-13-5-3-7(10)9-6-8(11)12/h1H,3-6H2,(H,9,10)(H,11,12). The van der Waals surface area contributed by atoms with E-state index in [9.17, 15) is 9.59 Å². The summed E-state index contributed by atoms with van der Waals surface area (Å²) in [7, 11) is 0. The Hall–Kier alpha value is -1.54. The van der Waals surface area contributed by atoms with Gasteiger partial charge in [-0.15, -0.1) is 6.42 Å². The van der Waals surface area contributed by atoms with Crippen molar-refractivity contribution in [3.63, 3.8) is 0 Å². The summed E-state index contributed by atoms with van der Waals surface area (Å²) in [5, 5.41) is 10.4. The molecule has 5 heteroatoms. The third-order valence-corrected chi connectivity index (χ3v) is 1.10. The molecule has 2 N–H and O–H groups in total. The van der Waals surface area contributed by atoms with E-state index in [-0.39, 0.29) is 32.1 Å². The van der Waals surface area contributed by atoms with E-state index >= 15 is 0 Å². The summed E-state index contributed by atoms with van der Waals surface area (Å²) in [6, 6.07) is 0. The highest BCUT2D eigenvalue weighted by atomic mass is 16.5. The molecule has 0 rings (SSSR count). The average Bonchev–Trinajstić information content (AvgIpc) is 2.09. The van der Waals surface area contributed by atoms with Gasteiger partial charge >= 0.3 is 5.97 Å². The average molecular weight is 185 g/mol. The van der Waals surface area contributed by atoms with Crippen LogP contribution in [0.4, 0.5) is 0 Å². The van der Waals surface area contributed by atoms with E-state index in [1.807, 2.05) is 0 Å². The summed E-state index contributed by atoms with van der Waals surface area (Å²) < 4.78 is 4.82. The fraction of sp³-hybridized carbons (Fsp3) is 0.500. The molecule has 1 amide bonds. The number of rotatable bonds is 6. The summed E-state index contributed by atoms with van der Waals surface area (Å²) in [5.41, 5.74) is 0. The molecule has 0 fully saturated rings. The second-order valence-corrected chi connectivity index (χ2v) is 2.18. The Balaban J connectivity index is 3.31. The fourth-order valence-electron chi connectivity index (χ4n) is 0.559. The van der Waals surface area contributed by atoms with E-state index in [1.54, 1.807) is 0 Å². The number of carboxylic acids is 1. The van der Waals surface area contributed by atoms with E-state index in [1.165, 1.54) is 0 Å². The van der Waals surface area contributed by atoms with Gasteiger partial charge in [0.2, 0.25) is 5.91 Å². The molecule has 5 nitrogen and oxygen atoms in total. The van der Waals surface area contributed by atoms with E-state index in [0.29, 0.717) is 0 Å². The van der Waals surface area contributed by atoms with Crippen molar-refractivity contribution in [2.24, 2.45) is 0 Å². The van der Waals surface area contributed by atoms with Crippen LogP contribution in [0.2, 0.25) is 0 Å². The molecule has 0 aromatic heterocycles. The summed E-state index contributed by atoms with van der Waals surface area (Å²) >= 11 is 0. The molecule has 0 saturated heterocycles. The van der Waals surface area contributed by atoms with Crippen LogP contribution in [-0.4, -0.2) is 36.7 Å². The lowest BCUT2D eigenvalue weighted by molar-refractivity contribution is -0.138. The molecule has 13 heavy (non-hydrogen) atoms. The van der Waals surface area contributed by atoms with Crippen molar-refractivity contribution in [1.82, 2.24) is 5.32 Å². The summed E-state index contributed by atoms with van der Waals surface area (Å²) in [4.78, 5) is 20.8. The smallest absolute Gasteiger partial charge is 0.322 e. The van der Waals surface area contributed by atoms with E-state index in [2.05, 4.69) is 11.2 Å². The van der Waals surface area contributed by atoms with Gasteiger partial charge in [0, 0.05) is 0 Å². The van der Waals surface area contributed by atoms with Crippen molar-refractivity contribution in [2.75, 3.05) is 19.8 Å². The highest BCUT2D eigenvalue weighted by Gasteiger charge is 2.02. The molecular formula is C8H11NO4. The Morgan fingerprint density at radius 2 is 2.23 bits per heavy atom. The highest BCUT2D eigenvalue weighted by molar-refractivity contribution is 5.81. The molecule has 0 radical (unpaired) electrons. The number of amides is 1. The van der Waals surface area contributed by atoms with Crippen LogP contribution in [0, 0.1) is 12.3 Å². The molecule has 0 aliphatic rings. The second-order valence-electron chi connectivity index (χ2n) is 2.18. The highest BCUT2D eigenvalue weighted by Crippen LogP contribution is 1.82. The van der Waals surface area contributed by atoms with Gasteiger partial charge in [0.05, 0.1) is 13.0 Å². The molecule has 0 heterocycles. The molecule has 0 aromatic carbocycles. The van der Waals surface area contributed by atoms with Crippen molar-refractivity contribution >= 4 is 11.9 Å². The Kier molecular flexibility index (Phi) is 6.28. The van der Waals surface area contributed by atoms with Crippen LogP contribution in [0.3, 0.4) is 0 Å². The van der Waals surface area contributed by atoms with Gasteiger partial charge in [-0.25, -0.2) is 0 Å². The van der Waals surface area contributed by atoms with Crippen molar-refractivity contribution < 1.29 is 19.4 Å². The first-order valence-electron chi connectivity index (χ1n) is 3.66. The molecule has 0 aliphatic carbocycles. The van der Waals surface area contributed by atoms with Crippen molar-refractivity contribution in [3.05, 3.63) is 0 Å². The van der Waals surface area contributed by atoms with Gasteiger partial charge in [0.1, 0.15) is 13.2 Å². The first-order chi connectivity index (χ1) is 6.16. The first-order valence-corrected chi connectivity index (χ1v) is 3.66. The minimum atomic E-state index is -1.07. The molecule has 0 unspecified atom stereocenters. The number of carboxylic acid groups (broad SMARTS) is 1. The molecule has 0 bridgehead atoms. The predicted molar refractivity (Wildman–Crippen MR) is 44.9 cm³/mol. The third-order valence-electron chi connectivity index (χ3n) is 1.10. The maximum atomic E-state index is 10.8. The fourth-order valence-corrected chi connectivity index (χ4v) is 0.559. The normalized spacial score (nSPS) is 8.85. The molecule has 72 valence electrons. The van der Waals surface area contributed by atoms with E-state index in [4.69, 9.17) is 16.3 Å². The van der Waals surface area contributed by atoms with Gasteiger partial charge in [-0.1, -0.05) is 5.92 Å². The first kappa shape index (κ1) is 11.5. The lowest BCUT2D eigenvalue weighted by Crippen LogP contribution is -2.29. The molecule has 0 atom stereocenters. The number of carbonyl (C=O) groups excluding carboxylic acids is 1. The van der Waals surface area contributed by atoms with Crippen LogP contribution >= 0.6 is 0 Å². The van der Waals surface area contributed by atoms with Crippen LogP contribution in [-0.2, 0) is 14.3 Å². The summed E-state index contributed by atoms with van der Waals surface area (Å²) in [5.74, 6) is 0.811. The Morgan fingerprint density at radius 1 is 1.54 bits per heavy atom. The molecule has 0 aliphatic heterocycles. The van der Waals surface area contributed by atoms with Crippen LogP contribution in [0.1, 0.15) is 6.42 Å². The number of aliphatic carboxylic acids is 1. The predicted octanol–water partition coefficient (Wildman–Crippen LogP) is -0.773. The summed E-state index contributed by atoms with van der Waals surface area (Å²) in [6.07, 6.45) is 5.01. The topological polar surface area (TPSA) is 75.6 Å². The quantitative estimate of drug-likeness (QED) is 0.420. The Labute approximate surface area is 76.1 Å². The van der Waals surface area contributed by atoms with Gasteiger partial charge in [0.15, 0.2) is 0 Å². The number of hydrogen-bond acceptors (Lipinski definition) is 3. The minimum absolute atomic E-state index is 0.120. The van der Waals surface area contributed by atoms with Gasteiger partial charge in [-0.3, -0.25) is 9.59 Å². The number of terminal acetylenes is 1. The summed E-state index contributed by atoms with van der Waals surface area (Å²) in [6.45, 7) is -0.00413. The Bertz CT molecular complexity index is 219. The largest absolute Gasteiger partial charge is 0.480 e. The van der Waals surface area contributed by atoms with Gasteiger partial charge in [-0.05, 0) is 0 Å². The maximum absolute atomic E-state index is 10.8. The van der Waals surface area contributed by atoms with E-state index < -0.39 is 5.97 Å². The molecular weight excluding hydrogens is 174 g/mol. The lowest BCUT2D eigenvalue weighted by Gasteiger charge is -2.01. The minimum Gasteiger partial charge on any atom is -0.480 e. The van der Waals surface area contributed by atoms with Crippen LogP contribution in [0.25, 0.3) is 0 Å². The van der Waals surface area contributed by atoms with Crippen molar-refractivity contribution in [2.45, 2.75) is 6.42 Å². The maximum Gasteiger partial charge on any atom is 0.322 e. The van der Waals surface area contributed by atoms with Crippen LogP contribution in [0.5, 0.6) is 0 Å². The number of hydrogen-bond donors (Lipinski definition) is 2. The van der Waals surface area contributed by atoms with E-state index in [0.717, 1.165) is 0 Å². The van der Waals surface area contributed by atoms with Gasteiger partial charge in [-0.2, -0.15) is 0 Å². The van der Waals surface area contributed by atoms with Crippen LogP contribution in [0.15, 0.2) is 0 Å². The molecule has 0 saturated carbocycles. The van der Waals surface area contributed by atoms with Crippen LogP contribution < -0.4 is 5.32 Å². The van der Waals surface area contributed by atoms with Crippen molar-refractivity contribution in [3.8, 4) is 12.3 Å². The zero-order chi connectivity index (χ0) is 10.1. The zero-order valence-electron chi connectivity index (χ0n) is 7.08. The SMILES string of the molecule is C#CCOCCC(=O)NCC(=O)O.